The molecule has 0 aliphatic heterocycles. The summed E-state index contributed by atoms with van der Waals surface area (Å²) in [5, 5.41) is 1.29. The number of benzene rings is 1. The van der Waals surface area contributed by atoms with Gasteiger partial charge >= 0.3 is 0 Å². The summed E-state index contributed by atoms with van der Waals surface area (Å²) < 4.78 is 0. The van der Waals surface area contributed by atoms with E-state index in [1.54, 1.807) is 6.07 Å². The SMILES string of the molecule is CCCCc1cnc(-c2c(C)cc(Cl)cc2Cl)[nH]1. The van der Waals surface area contributed by atoms with Gasteiger partial charge < -0.3 is 4.98 Å². The Morgan fingerprint density at radius 1 is 1.28 bits per heavy atom. The van der Waals surface area contributed by atoms with Crippen LogP contribution in [0.25, 0.3) is 11.4 Å². The van der Waals surface area contributed by atoms with Crippen molar-refractivity contribution in [1.82, 2.24) is 9.97 Å². The summed E-state index contributed by atoms with van der Waals surface area (Å²) in [6, 6.07) is 3.65. The maximum absolute atomic E-state index is 6.24. The minimum atomic E-state index is 0.636. The van der Waals surface area contributed by atoms with Gasteiger partial charge in [0.05, 0.1) is 5.02 Å². The minimum absolute atomic E-state index is 0.636. The van der Waals surface area contributed by atoms with Gasteiger partial charge in [0.1, 0.15) is 5.82 Å². The molecule has 0 unspecified atom stereocenters. The van der Waals surface area contributed by atoms with Crippen LogP contribution in [0.5, 0.6) is 0 Å². The first kappa shape index (κ1) is 13.4. The molecule has 0 fully saturated rings. The van der Waals surface area contributed by atoms with Crippen molar-refractivity contribution in [1.29, 1.82) is 0 Å². The van der Waals surface area contributed by atoms with Gasteiger partial charge in [-0.25, -0.2) is 4.98 Å². The molecule has 2 aromatic rings. The molecule has 18 heavy (non-hydrogen) atoms. The molecule has 0 aliphatic rings. The highest BCUT2D eigenvalue weighted by Gasteiger charge is 2.11. The highest BCUT2D eigenvalue weighted by Crippen LogP contribution is 2.32. The van der Waals surface area contributed by atoms with Gasteiger partial charge in [-0.15, -0.1) is 0 Å². The van der Waals surface area contributed by atoms with Crippen LogP contribution in [0.4, 0.5) is 0 Å². The lowest BCUT2D eigenvalue weighted by molar-refractivity contribution is 0.781. The average Bonchev–Trinajstić information content (AvgIpc) is 2.73. The van der Waals surface area contributed by atoms with Crippen molar-refractivity contribution in [2.45, 2.75) is 33.1 Å². The average molecular weight is 283 g/mol. The number of hydrogen-bond acceptors (Lipinski definition) is 1. The number of halogens is 2. The molecule has 0 radical (unpaired) electrons. The highest BCUT2D eigenvalue weighted by molar-refractivity contribution is 6.36. The molecular weight excluding hydrogens is 267 g/mol. The first-order valence-corrected chi connectivity index (χ1v) is 6.87. The molecule has 0 aliphatic carbocycles. The van der Waals surface area contributed by atoms with Crippen LogP contribution in [-0.2, 0) is 6.42 Å². The number of rotatable bonds is 4. The van der Waals surface area contributed by atoms with Gasteiger partial charge in [-0.2, -0.15) is 0 Å². The normalized spacial score (nSPS) is 10.9. The van der Waals surface area contributed by atoms with Crippen molar-refractivity contribution in [3.63, 3.8) is 0 Å². The van der Waals surface area contributed by atoms with Crippen LogP contribution < -0.4 is 0 Å². The van der Waals surface area contributed by atoms with Gasteiger partial charge in [0.2, 0.25) is 0 Å². The van der Waals surface area contributed by atoms with E-state index in [0.29, 0.717) is 10.0 Å². The molecule has 1 aromatic heterocycles. The zero-order chi connectivity index (χ0) is 13.1. The third-order valence-electron chi connectivity index (χ3n) is 2.92. The molecule has 0 bridgehead atoms. The van der Waals surface area contributed by atoms with E-state index in [1.165, 1.54) is 6.42 Å². The quantitative estimate of drug-likeness (QED) is 0.837. The summed E-state index contributed by atoms with van der Waals surface area (Å²) in [5.74, 6) is 0.820. The second-order valence-electron chi connectivity index (χ2n) is 4.44. The fourth-order valence-electron chi connectivity index (χ4n) is 1.98. The Hall–Kier alpha value is -0.990. The van der Waals surface area contributed by atoms with Gasteiger partial charge in [0.15, 0.2) is 0 Å². The molecule has 0 amide bonds. The zero-order valence-corrected chi connectivity index (χ0v) is 12.1. The second kappa shape index (κ2) is 5.77. The predicted molar refractivity (Wildman–Crippen MR) is 77.4 cm³/mol. The number of hydrogen-bond donors (Lipinski definition) is 1. The van der Waals surface area contributed by atoms with Crippen molar-refractivity contribution in [2.75, 3.05) is 0 Å². The fourth-order valence-corrected chi connectivity index (χ4v) is 2.67. The summed E-state index contributed by atoms with van der Waals surface area (Å²) in [6.45, 7) is 4.17. The van der Waals surface area contributed by atoms with Gasteiger partial charge in [-0.05, 0) is 37.5 Å². The molecule has 1 heterocycles. The van der Waals surface area contributed by atoms with Crippen LogP contribution in [0.3, 0.4) is 0 Å². The Bertz CT molecular complexity index is 523. The van der Waals surface area contributed by atoms with Crippen LogP contribution >= 0.6 is 23.2 Å². The van der Waals surface area contributed by atoms with Crippen LogP contribution in [0.2, 0.25) is 10.0 Å². The second-order valence-corrected chi connectivity index (χ2v) is 5.28. The Labute approximate surface area is 117 Å². The van der Waals surface area contributed by atoms with Crippen molar-refractivity contribution >= 4 is 23.2 Å². The largest absolute Gasteiger partial charge is 0.342 e. The molecule has 0 saturated carbocycles. The predicted octanol–water partition coefficient (Wildman–Crippen LogP) is 5.03. The Morgan fingerprint density at radius 2 is 2.06 bits per heavy atom. The van der Waals surface area contributed by atoms with Gasteiger partial charge in [0.25, 0.3) is 0 Å². The van der Waals surface area contributed by atoms with E-state index in [-0.39, 0.29) is 0 Å². The smallest absolute Gasteiger partial charge is 0.139 e. The Morgan fingerprint density at radius 3 is 2.72 bits per heavy atom. The van der Waals surface area contributed by atoms with Crippen LogP contribution in [-0.4, -0.2) is 9.97 Å². The van der Waals surface area contributed by atoms with Crippen molar-refractivity contribution < 1.29 is 0 Å². The number of H-pyrrole nitrogens is 1. The molecule has 0 saturated heterocycles. The van der Waals surface area contributed by atoms with E-state index in [2.05, 4.69) is 16.9 Å². The summed E-state index contributed by atoms with van der Waals surface area (Å²) in [6.07, 6.45) is 5.24. The molecule has 0 spiro atoms. The molecule has 1 aromatic carbocycles. The van der Waals surface area contributed by atoms with Crippen LogP contribution in [0.1, 0.15) is 31.0 Å². The maximum atomic E-state index is 6.24. The van der Waals surface area contributed by atoms with Crippen molar-refractivity contribution in [3.8, 4) is 11.4 Å². The van der Waals surface area contributed by atoms with E-state index < -0.39 is 0 Å². The minimum Gasteiger partial charge on any atom is -0.342 e. The van der Waals surface area contributed by atoms with Crippen LogP contribution in [0.15, 0.2) is 18.3 Å². The van der Waals surface area contributed by atoms with E-state index in [4.69, 9.17) is 23.2 Å². The number of aromatic nitrogens is 2. The maximum Gasteiger partial charge on any atom is 0.139 e. The Kier molecular flexibility index (Phi) is 4.31. The lowest BCUT2D eigenvalue weighted by atomic mass is 10.1. The third kappa shape index (κ3) is 2.88. The zero-order valence-electron chi connectivity index (χ0n) is 10.6. The number of aromatic amines is 1. The molecule has 96 valence electrons. The molecular formula is C14H16Cl2N2. The fraction of sp³-hybridized carbons (Fsp3) is 0.357. The number of imidazole rings is 1. The van der Waals surface area contributed by atoms with Gasteiger partial charge in [0, 0.05) is 22.5 Å². The van der Waals surface area contributed by atoms with E-state index in [1.807, 2.05) is 19.2 Å². The first-order chi connectivity index (χ1) is 8.61. The standard InChI is InChI=1S/C14H16Cl2N2/c1-3-4-5-11-8-17-14(18-11)13-9(2)6-10(15)7-12(13)16/h6-8H,3-5H2,1-2H3,(H,17,18). The summed E-state index contributed by atoms with van der Waals surface area (Å²) in [4.78, 5) is 7.73. The lowest BCUT2D eigenvalue weighted by Gasteiger charge is -2.06. The molecule has 4 heteroatoms. The number of nitrogens with zero attached hydrogens (tertiary/aromatic N) is 1. The van der Waals surface area contributed by atoms with E-state index in [9.17, 15) is 0 Å². The van der Waals surface area contributed by atoms with Crippen molar-refractivity contribution in [2.24, 2.45) is 0 Å². The van der Waals surface area contributed by atoms with Gasteiger partial charge in [-0.3, -0.25) is 0 Å². The topological polar surface area (TPSA) is 28.7 Å². The molecule has 1 N–H and O–H groups in total. The summed E-state index contributed by atoms with van der Waals surface area (Å²) in [7, 11) is 0. The summed E-state index contributed by atoms with van der Waals surface area (Å²) >= 11 is 12.2. The first-order valence-electron chi connectivity index (χ1n) is 6.11. The van der Waals surface area contributed by atoms with E-state index in [0.717, 1.165) is 35.5 Å². The number of unbranched alkanes of at least 4 members (excludes halogenated alkanes) is 1. The lowest BCUT2D eigenvalue weighted by Crippen LogP contribution is -1.89. The molecule has 0 atom stereocenters. The number of aryl methyl sites for hydroxylation is 2. The third-order valence-corrected chi connectivity index (χ3v) is 3.43. The summed E-state index contributed by atoms with van der Waals surface area (Å²) in [5.41, 5.74) is 3.12. The van der Waals surface area contributed by atoms with E-state index >= 15 is 0 Å². The number of nitrogens with one attached hydrogen (secondary N) is 1. The van der Waals surface area contributed by atoms with Gasteiger partial charge in [-0.1, -0.05) is 36.5 Å². The highest BCUT2D eigenvalue weighted by atomic mass is 35.5. The van der Waals surface area contributed by atoms with Crippen LogP contribution in [0, 0.1) is 6.92 Å². The van der Waals surface area contributed by atoms with Crippen molar-refractivity contribution in [3.05, 3.63) is 39.6 Å². The molecule has 2 nitrogen and oxygen atoms in total. The molecule has 2 rings (SSSR count). The monoisotopic (exact) mass is 282 g/mol. The Balaban J connectivity index is 2.34.